The molecule has 1 aromatic heterocycles. The van der Waals surface area contributed by atoms with E-state index in [9.17, 15) is 0 Å². The van der Waals surface area contributed by atoms with Crippen molar-refractivity contribution >= 4 is 17.5 Å². The van der Waals surface area contributed by atoms with Gasteiger partial charge < -0.3 is 10.2 Å². The second-order valence-corrected chi connectivity index (χ2v) is 4.44. The lowest BCUT2D eigenvalue weighted by atomic mass is 10.3. The fourth-order valence-electron chi connectivity index (χ4n) is 1.99. The number of anilines is 3. The molecule has 4 nitrogen and oxygen atoms in total. The molecule has 20 heavy (non-hydrogen) atoms. The molecular weight excluding hydrogens is 248 g/mol. The molecule has 0 aliphatic rings. The molecule has 2 aromatic rings. The molecule has 0 amide bonds. The number of aromatic nitrogens is 2. The van der Waals surface area contributed by atoms with Crippen molar-refractivity contribution in [1.82, 2.24) is 9.97 Å². The van der Waals surface area contributed by atoms with Crippen molar-refractivity contribution in [3.63, 3.8) is 0 Å². The summed E-state index contributed by atoms with van der Waals surface area (Å²) in [7, 11) is 0. The molecule has 0 saturated heterocycles. The average Bonchev–Trinajstić information content (AvgIpc) is 2.46. The van der Waals surface area contributed by atoms with Gasteiger partial charge in [0.25, 0.3) is 0 Å². The largest absolute Gasteiger partial charge is 0.366 e. The van der Waals surface area contributed by atoms with E-state index in [0.717, 1.165) is 23.7 Å². The van der Waals surface area contributed by atoms with Gasteiger partial charge in [0, 0.05) is 30.5 Å². The summed E-state index contributed by atoms with van der Waals surface area (Å²) in [5, 5.41) is 3.21. The van der Waals surface area contributed by atoms with Crippen molar-refractivity contribution in [1.29, 1.82) is 0 Å². The van der Waals surface area contributed by atoms with Crippen LogP contribution < -0.4 is 10.2 Å². The molecule has 0 aliphatic carbocycles. The third-order valence-electron chi connectivity index (χ3n) is 2.90. The van der Waals surface area contributed by atoms with Gasteiger partial charge >= 0.3 is 0 Å². The van der Waals surface area contributed by atoms with Crippen molar-refractivity contribution in [2.24, 2.45) is 0 Å². The van der Waals surface area contributed by atoms with E-state index in [-0.39, 0.29) is 0 Å². The van der Waals surface area contributed by atoms with Crippen LogP contribution in [0, 0.1) is 6.92 Å². The smallest absolute Gasteiger partial charge is 0.232 e. The lowest BCUT2D eigenvalue weighted by Gasteiger charge is -2.21. The third kappa shape index (κ3) is 3.35. The van der Waals surface area contributed by atoms with Gasteiger partial charge in [-0.05, 0) is 26.0 Å². The van der Waals surface area contributed by atoms with E-state index >= 15 is 0 Å². The maximum atomic E-state index is 4.57. The summed E-state index contributed by atoms with van der Waals surface area (Å²) in [6.45, 7) is 9.27. The second-order valence-electron chi connectivity index (χ2n) is 4.44. The van der Waals surface area contributed by atoms with Crippen molar-refractivity contribution in [3.05, 3.63) is 54.7 Å². The Morgan fingerprint density at radius 3 is 2.65 bits per heavy atom. The maximum Gasteiger partial charge on any atom is 0.232 e. The summed E-state index contributed by atoms with van der Waals surface area (Å²) in [5.41, 5.74) is 2.03. The first kappa shape index (κ1) is 14.1. The van der Waals surface area contributed by atoms with Crippen LogP contribution in [0.25, 0.3) is 0 Å². The number of aryl methyl sites for hydroxylation is 1. The fourth-order valence-corrected chi connectivity index (χ4v) is 1.99. The minimum absolute atomic E-state index is 0.688. The summed E-state index contributed by atoms with van der Waals surface area (Å²) in [6, 6.07) is 12.1. The number of para-hydroxylation sites is 1. The summed E-state index contributed by atoms with van der Waals surface area (Å²) in [6.07, 6.45) is 1.81. The van der Waals surface area contributed by atoms with Gasteiger partial charge in [-0.1, -0.05) is 24.3 Å². The van der Waals surface area contributed by atoms with Crippen molar-refractivity contribution in [2.75, 3.05) is 23.3 Å². The molecule has 0 fully saturated rings. The summed E-state index contributed by atoms with van der Waals surface area (Å²) in [4.78, 5) is 11.2. The number of rotatable bonds is 6. The highest BCUT2D eigenvalue weighted by Gasteiger charge is 2.11. The van der Waals surface area contributed by atoms with Gasteiger partial charge in [0.15, 0.2) is 0 Å². The highest BCUT2D eigenvalue weighted by atomic mass is 15.3. The Bertz CT molecular complexity index is 566. The van der Waals surface area contributed by atoms with E-state index in [1.165, 1.54) is 0 Å². The van der Waals surface area contributed by atoms with Gasteiger partial charge in [0.05, 0.1) is 0 Å². The first-order valence-corrected chi connectivity index (χ1v) is 6.77. The zero-order valence-corrected chi connectivity index (χ0v) is 12.0. The standard InChI is InChI=1S/C16H20N4/c1-4-11-17-15-12-13(3)18-16(19-15)20(5-2)14-9-7-6-8-10-14/h4,6-10,12H,1,5,11H2,2-3H3,(H,17,18,19). The predicted molar refractivity (Wildman–Crippen MR) is 84.6 cm³/mol. The molecule has 104 valence electrons. The van der Waals surface area contributed by atoms with Gasteiger partial charge in [-0.3, -0.25) is 0 Å². The lowest BCUT2D eigenvalue weighted by molar-refractivity contribution is 0.933. The lowest BCUT2D eigenvalue weighted by Crippen LogP contribution is -2.19. The molecule has 0 bridgehead atoms. The fraction of sp³-hybridized carbons (Fsp3) is 0.250. The van der Waals surface area contributed by atoms with Crippen molar-refractivity contribution < 1.29 is 0 Å². The van der Waals surface area contributed by atoms with Crippen LogP contribution >= 0.6 is 0 Å². The van der Waals surface area contributed by atoms with Crippen LogP contribution in [0.5, 0.6) is 0 Å². The molecule has 0 aliphatic heterocycles. The SMILES string of the molecule is C=CCNc1cc(C)nc(N(CC)c2ccccc2)n1. The van der Waals surface area contributed by atoms with E-state index in [4.69, 9.17) is 0 Å². The van der Waals surface area contributed by atoms with Crippen LogP contribution in [0.1, 0.15) is 12.6 Å². The van der Waals surface area contributed by atoms with Crippen LogP contribution in [0.15, 0.2) is 49.1 Å². The highest BCUT2D eigenvalue weighted by molar-refractivity contribution is 5.58. The molecule has 4 heteroatoms. The summed E-state index contributed by atoms with van der Waals surface area (Å²) < 4.78 is 0. The van der Waals surface area contributed by atoms with E-state index < -0.39 is 0 Å². The minimum Gasteiger partial charge on any atom is -0.366 e. The molecule has 1 aromatic carbocycles. The Balaban J connectivity index is 2.34. The first-order chi connectivity index (χ1) is 9.74. The number of hydrogen-bond acceptors (Lipinski definition) is 4. The number of hydrogen-bond donors (Lipinski definition) is 1. The molecule has 0 unspecified atom stereocenters. The van der Waals surface area contributed by atoms with E-state index in [0.29, 0.717) is 12.5 Å². The van der Waals surface area contributed by atoms with Gasteiger partial charge in [-0.2, -0.15) is 4.98 Å². The molecule has 1 heterocycles. The van der Waals surface area contributed by atoms with E-state index in [1.807, 2.05) is 37.3 Å². The van der Waals surface area contributed by atoms with Crippen LogP contribution in [0.2, 0.25) is 0 Å². The molecule has 1 N–H and O–H groups in total. The Labute approximate surface area is 120 Å². The monoisotopic (exact) mass is 268 g/mol. The number of nitrogens with zero attached hydrogens (tertiary/aromatic N) is 3. The third-order valence-corrected chi connectivity index (χ3v) is 2.90. The van der Waals surface area contributed by atoms with Crippen LogP contribution in [0.4, 0.5) is 17.5 Å². The van der Waals surface area contributed by atoms with Crippen LogP contribution in [-0.2, 0) is 0 Å². The van der Waals surface area contributed by atoms with Gasteiger partial charge in [-0.15, -0.1) is 6.58 Å². The van der Waals surface area contributed by atoms with E-state index in [1.54, 1.807) is 0 Å². The molecule has 2 rings (SSSR count). The Morgan fingerprint density at radius 2 is 2.00 bits per heavy atom. The number of benzene rings is 1. The molecule has 0 spiro atoms. The van der Waals surface area contributed by atoms with Crippen LogP contribution in [-0.4, -0.2) is 23.1 Å². The Morgan fingerprint density at radius 1 is 1.25 bits per heavy atom. The van der Waals surface area contributed by atoms with Crippen molar-refractivity contribution in [2.45, 2.75) is 13.8 Å². The zero-order valence-electron chi connectivity index (χ0n) is 12.0. The summed E-state index contributed by atoms with van der Waals surface area (Å²) >= 11 is 0. The maximum absolute atomic E-state index is 4.57. The molecule has 0 saturated carbocycles. The Hall–Kier alpha value is -2.36. The topological polar surface area (TPSA) is 41.1 Å². The van der Waals surface area contributed by atoms with Gasteiger partial charge in [0.2, 0.25) is 5.95 Å². The normalized spacial score (nSPS) is 10.1. The number of nitrogens with one attached hydrogen (secondary N) is 1. The molecule has 0 radical (unpaired) electrons. The van der Waals surface area contributed by atoms with Crippen LogP contribution in [0.3, 0.4) is 0 Å². The highest BCUT2D eigenvalue weighted by Crippen LogP contribution is 2.22. The molecule has 0 atom stereocenters. The average molecular weight is 268 g/mol. The quantitative estimate of drug-likeness (QED) is 0.814. The predicted octanol–water partition coefficient (Wildman–Crippen LogP) is 3.54. The van der Waals surface area contributed by atoms with Gasteiger partial charge in [0.1, 0.15) is 5.82 Å². The first-order valence-electron chi connectivity index (χ1n) is 6.77. The van der Waals surface area contributed by atoms with Gasteiger partial charge in [-0.25, -0.2) is 4.98 Å². The minimum atomic E-state index is 0.688. The summed E-state index contributed by atoms with van der Waals surface area (Å²) in [5.74, 6) is 1.53. The van der Waals surface area contributed by atoms with E-state index in [2.05, 4.69) is 45.8 Å². The Kier molecular flexibility index (Phi) is 4.71. The second kappa shape index (κ2) is 6.70. The molecular formula is C16H20N4. The zero-order chi connectivity index (χ0) is 14.4. The van der Waals surface area contributed by atoms with Crippen molar-refractivity contribution in [3.8, 4) is 0 Å².